The minimum Gasteiger partial charge on any atom is -0.297 e. The molecule has 2 nitrogen and oxygen atoms in total. The normalized spacial score (nSPS) is 16.3. The van der Waals surface area contributed by atoms with Gasteiger partial charge >= 0.3 is 0 Å². The predicted molar refractivity (Wildman–Crippen MR) is 95.2 cm³/mol. The molecule has 1 aromatic heterocycles. The molecule has 2 aromatic rings. The summed E-state index contributed by atoms with van der Waals surface area (Å²) in [6.07, 6.45) is 5.23. The maximum Gasteiger partial charge on any atom is 0.107 e. The first-order valence-corrected chi connectivity index (χ1v) is 9.35. The van der Waals surface area contributed by atoms with Gasteiger partial charge in [-0.25, -0.2) is 4.98 Å². The van der Waals surface area contributed by atoms with Crippen LogP contribution in [0.15, 0.2) is 29.6 Å². The van der Waals surface area contributed by atoms with Gasteiger partial charge in [0.25, 0.3) is 0 Å². The third-order valence-corrected chi connectivity index (χ3v) is 5.09. The molecule has 3 rings (SSSR count). The molecular weight excluding hydrogens is 288 g/mol. The Kier molecular flexibility index (Phi) is 5.27. The number of piperidine rings is 1. The largest absolute Gasteiger partial charge is 0.297 e. The summed E-state index contributed by atoms with van der Waals surface area (Å²) in [6.45, 7) is 8.02. The zero-order valence-electron chi connectivity index (χ0n) is 13.7. The molecule has 0 bridgehead atoms. The predicted octanol–water partition coefficient (Wildman–Crippen LogP) is 4.99. The highest BCUT2D eigenvalue weighted by Gasteiger charge is 2.13. The van der Waals surface area contributed by atoms with Gasteiger partial charge in [-0.15, -0.1) is 11.3 Å². The van der Waals surface area contributed by atoms with Gasteiger partial charge in [-0.3, -0.25) is 4.90 Å². The molecule has 1 fully saturated rings. The molecule has 0 radical (unpaired) electrons. The number of rotatable bonds is 5. The SMILES string of the molecule is CC(C)Cc1ccc(-c2csc(CN3CCCCC3)n2)cc1. The summed E-state index contributed by atoms with van der Waals surface area (Å²) in [7, 11) is 0. The van der Waals surface area contributed by atoms with Crippen molar-refractivity contribution in [3.63, 3.8) is 0 Å². The number of benzene rings is 1. The summed E-state index contributed by atoms with van der Waals surface area (Å²) in [4.78, 5) is 7.38. The van der Waals surface area contributed by atoms with E-state index >= 15 is 0 Å². The molecule has 22 heavy (non-hydrogen) atoms. The van der Waals surface area contributed by atoms with E-state index in [1.54, 1.807) is 11.3 Å². The van der Waals surface area contributed by atoms with Gasteiger partial charge in [0, 0.05) is 10.9 Å². The fraction of sp³-hybridized carbons (Fsp3) is 0.526. The Morgan fingerprint density at radius 1 is 1.09 bits per heavy atom. The van der Waals surface area contributed by atoms with Gasteiger partial charge in [-0.1, -0.05) is 44.5 Å². The molecule has 0 aliphatic carbocycles. The highest BCUT2D eigenvalue weighted by atomic mass is 32.1. The van der Waals surface area contributed by atoms with Crippen molar-refractivity contribution in [2.75, 3.05) is 13.1 Å². The fourth-order valence-electron chi connectivity index (χ4n) is 3.11. The summed E-state index contributed by atoms with van der Waals surface area (Å²) in [5, 5.41) is 3.46. The second-order valence-corrected chi connectivity index (χ2v) is 7.70. The highest BCUT2D eigenvalue weighted by molar-refractivity contribution is 7.09. The topological polar surface area (TPSA) is 16.1 Å². The van der Waals surface area contributed by atoms with Crippen molar-refractivity contribution in [1.29, 1.82) is 0 Å². The van der Waals surface area contributed by atoms with Crippen LogP contribution in [-0.4, -0.2) is 23.0 Å². The van der Waals surface area contributed by atoms with Crippen molar-refractivity contribution < 1.29 is 0 Å². The van der Waals surface area contributed by atoms with Gasteiger partial charge in [-0.2, -0.15) is 0 Å². The van der Waals surface area contributed by atoms with Gasteiger partial charge in [0.1, 0.15) is 5.01 Å². The first-order valence-electron chi connectivity index (χ1n) is 8.47. The van der Waals surface area contributed by atoms with E-state index in [0.29, 0.717) is 5.92 Å². The van der Waals surface area contributed by atoms with E-state index in [4.69, 9.17) is 4.98 Å². The number of likely N-dealkylation sites (tertiary alicyclic amines) is 1. The molecule has 2 heterocycles. The molecule has 3 heteroatoms. The Balaban J connectivity index is 1.65. The van der Waals surface area contributed by atoms with Crippen LogP contribution in [0.1, 0.15) is 43.7 Å². The summed E-state index contributed by atoms with van der Waals surface area (Å²) >= 11 is 1.80. The van der Waals surface area contributed by atoms with Crippen LogP contribution in [0, 0.1) is 5.92 Å². The zero-order valence-corrected chi connectivity index (χ0v) is 14.5. The third-order valence-electron chi connectivity index (χ3n) is 4.25. The lowest BCUT2D eigenvalue weighted by molar-refractivity contribution is 0.220. The summed E-state index contributed by atoms with van der Waals surface area (Å²) in [6, 6.07) is 8.94. The quantitative estimate of drug-likeness (QED) is 0.772. The molecule has 0 N–H and O–H groups in total. The van der Waals surface area contributed by atoms with Gasteiger partial charge < -0.3 is 0 Å². The van der Waals surface area contributed by atoms with E-state index < -0.39 is 0 Å². The molecule has 0 atom stereocenters. The fourth-order valence-corrected chi connectivity index (χ4v) is 3.95. The van der Waals surface area contributed by atoms with E-state index in [2.05, 4.69) is 48.4 Å². The second-order valence-electron chi connectivity index (χ2n) is 6.76. The Morgan fingerprint density at radius 2 is 1.82 bits per heavy atom. The summed E-state index contributed by atoms with van der Waals surface area (Å²) in [5.41, 5.74) is 3.80. The molecular formula is C19H26N2S. The van der Waals surface area contributed by atoms with Crippen molar-refractivity contribution in [2.24, 2.45) is 5.92 Å². The Hall–Kier alpha value is -1.19. The van der Waals surface area contributed by atoms with Crippen LogP contribution in [0.3, 0.4) is 0 Å². The number of hydrogen-bond acceptors (Lipinski definition) is 3. The first kappa shape index (κ1) is 15.7. The zero-order chi connectivity index (χ0) is 15.4. The van der Waals surface area contributed by atoms with Crippen molar-refractivity contribution in [1.82, 2.24) is 9.88 Å². The number of aromatic nitrogens is 1. The lowest BCUT2D eigenvalue weighted by Crippen LogP contribution is -2.28. The van der Waals surface area contributed by atoms with E-state index in [1.165, 1.54) is 48.5 Å². The van der Waals surface area contributed by atoms with Gasteiger partial charge in [0.2, 0.25) is 0 Å². The van der Waals surface area contributed by atoms with Crippen LogP contribution in [0.2, 0.25) is 0 Å². The molecule has 118 valence electrons. The first-order chi connectivity index (χ1) is 10.7. The molecule has 0 saturated carbocycles. The molecule has 0 amide bonds. The molecule has 0 spiro atoms. The van der Waals surface area contributed by atoms with E-state index in [0.717, 1.165) is 18.7 Å². The minimum absolute atomic E-state index is 0.710. The standard InChI is InChI=1S/C19H26N2S/c1-15(2)12-16-6-8-17(9-7-16)18-14-22-19(20-18)13-21-10-4-3-5-11-21/h6-9,14-15H,3-5,10-13H2,1-2H3. The Bertz CT molecular complexity index is 580. The molecule has 1 aliphatic rings. The van der Waals surface area contributed by atoms with Crippen molar-refractivity contribution in [2.45, 2.75) is 46.1 Å². The van der Waals surface area contributed by atoms with Gasteiger partial charge in [-0.05, 0) is 43.8 Å². The number of nitrogens with zero attached hydrogens (tertiary/aromatic N) is 2. The minimum atomic E-state index is 0.710. The van der Waals surface area contributed by atoms with Crippen LogP contribution in [-0.2, 0) is 13.0 Å². The lowest BCUT2D eigenvalue weighted by atomic mass is 10.0. The summed E-state index contributed by atoms with van der Waals surface area (Å²) in [5.74, 6) is 0.710. The molecule has 1 saturated heterocycles. The Labute approximate surface area is 138 Å². The van der Waals surface area contributed by atoms with Crippen molar-refractivity contribution >= 4 is 11.3 Å². The molecule has 1 aliphatic heterocycles. The van der Waals surface area contributed by atoms with Gasteiger partial charge in [0.05, 0.1) is 12.2 Å². The van der Waals surface area contributed by atoms with Crippen LogP contribution in [0.4, 0.5) is 0 Å². The van der Waals surface area contributed by atoms with Crippen molar-refractivity contribution in [3.05, 3.63) is 40.2 Å². The van der Waals surface area contributed by atoms with Gasteiger partial charge in [0.15, 0.2) is 0 Å². The van der Waals surface area contributed by atoms with E-state index in [1.807, 2.05) is 0 Å². The lowest BCUT2D eigenvalue weighted by Gasteiger charge is -2.25. The maximum absolute atomic E-state index is 4.84. The Morgan fingerprint density at radius 3 is 2.50 bits per heavy atom. The van der Waals surface area contributed by atoms with Crippen LogP contribution >= 0.6 is 11.3 Å². The number of hydrogen-bond donors (Lipinski definition) is 0. The number of thiazole rings is 1. The smallest absolute Gasteiger partial charge is 0.107 e. The maximum atomic E-state index is 4.84. The van der Waals surface area contributed by atoms with Crippen molar-refractivity contribution in [3.8, 4) is 11.3 Å². The highest BCUT2D eigenvalue weighted by Crippen LogP contribution is 2.24. The monoisotopic (exact) mass is 314 g/mol. The van der Waals surface area contributed by atoms with Crippen LogP contribution in [0.5, 0.6) is 0 Å². The van der Waals surface area contributed by atoms with E-state index in [-0.39, 0.29) is 0 Å². The average Bonchev–Trinajstić information content (AvgIpc) is 2.97. The van der Waals surface area contributed by atoms with E-state index in [9.17, 15) is 0 Å². The van der Waals surface area contributed by atoms with Crippen LogP contribution < -0.4 is 0 Å². The van der Waals surface area contributed by atoms with Crippen LogP contribution in [0.25, 0.3) is 11.3 Å². The average molecular weight is 314 g/mol. The molecule has 0 unspecified atom stereocenters. The second kappa shape index (κ2) is 7.38. The summed E-state index contributed by atoms with van der Waals surface area (Å²) < 4.78 is 0. The third kappa shape index (κ3) is 4.17. The molecule has 1 aromatic carbocycles.